The average molecular weight is 260 g/mol. The standard InChI is InChI=1S/C16H24N2O/c1-11(2)10-17-16(19)12(3)18-15-9-14(15)13-7-5-4-6-8-13/h4-8,11-12,14-15,18H,9-10H2,1-3H3,(H,17,19). The fraction of sp³-hybridized carbons (Fsp3) is 0.562. The van der Waals surface area contributed by atoms with E-state index in [4.69, 9.17) is 0 Å². The quantitative estimate of drug-likeness (QED) is 0.824. The van der Waals surface area contributed by atoms with E-state index in [9.17, 15) is 4.79 Å². The van der Waals surface area contributed by atoms with Gasteiger partial charge in [-0.1, -0.05) is 44.2 Å². The Labute approximate surface area is 115 Å². The van der Waals surface area contributed by atoms with Crippen LogP contribution in [0.1, 0.15) is 38.7 Å². The highest BCUT2D eigenvalue weighted by atomic mass is 16.2. The second kappa shape index (κ2) is 6.20. The van der Waals surface area contributed by atoms with Crippen molar-refractivity contribution in [1.82, 2.24) is 10.6 Å². The molecule has 0 aromatic heterocycles. The first kappa shape index (κ1) is 14.1. The summed E-state index contributed by atoms with van der Waals surface area (Å²) < 4.78 is 0. The molecule has 19 heavy (non-hydrogen) atoms. The van der Waals surface area contributed by atoms with Crippen molar-refractivity contribution in [1.29, 1.82) is 0 Å². The van der Waals surface area contributed by atoms with Gasteiger partial charge in [0.25, 0.3) is 0 Å². The first-order valence-electron chi connectivity index (χ1n) is 7.16. The van der Waals surface area contributed by atoms with Gasteiger partial charge in [0, 0.05) is 18.5 Å². The normalized spacial score (nSPS) is 23.2. The van der Waals surface area contributed by atoms with Gasteiger partial charge >= 0.3 is 0 Å². The van der Waals surface area contributed by atoms with Gasteiger partial charge < -0.3 is 10.6 Å². The van der Waals surface area contributed by atoms with E-state index < -0.39 is 0 Å². The second-order valence-electron chi connectivity index (χ2n) is 5.89. The average Bonchev–Trinajstić information content (AvgIpc) is 3.16. The van der Waals surface area contributed by atoms with Gasteiger partial charge in [-0.2, -0.15) is 0 Å². The number of hydrogen-bond acceptors (Lipinski definition) is 2. The zero-order chi connectivity index (χ0) is 13.8. The van der Waals surface area contributed by atoms with Gasteiger partial charge in [0.2, 0.25) is 5.91 Å². The van der Waals surface area contributed by atoms with E-state index in [0.29, 0.717) is 17.9 Å². The molecule has 0 saturated heterocycles. The van der Waals surface area contributed by atoms with E-state index in [1.807, 2.05) is 13.0 Å². The lowest BCUT2D eigenvalue weighted by Crippen LogP contribution is -2.44. The highest BCUT2D eigenvalue weighted by molar-refractivity contribution is 5.81. The molecule has 3 unspecified atom stereocenters. The molecule has 0 aliphatic heterocycles. The third kappa shape index (κ3) is 4.06. The number of rotatable bonds is 6. The fourth-order valence-electron chi connectivity index (χ4n) is 2.30. The van der Waals surface area contributed by atoms with Gasteiger partial charge in [-0.25, -0.2) is 0 Å². The molecular weight excluding hydrogens is 236 g/mol. The molecule has 0 spiro atoms. The van der Waals surface area contributed by atoms with Crippen LogP contribution < -0.4 is 10.6 Å². The molecule has 1 saturated carbocycles. The summed E-state index contributed by atoms with van der Waals surface area (Å²) in [6.45, 7) is 6.89. The highest BCUT2D eigenvalue weighted by Gasteiger charge is 2.39. The van der Waals surface area contributed by atoms with E-state index in [1.54, 1.807) is 0 Å². The van der Waals surface area contributed by atoms with Crippen molar-refractivity contribution < 1.29 is 4.79 Å². The monoisotopic (exact) mass is 260 g/mol. The molecule has 1 aliphatic carbocycles. The Morgan fingerprint density at radius 3 is 2.58 bits per heavy atom. The Morgan fingerprint density at radius 1 is 1.26 bits per heavy atom. The molecule has 1 aromatic carbocycles. The highest BCUT2D eigenvalue weighted by Crippen LogP contribution is 2.40. The maximum absolute atomic E-state index is 11.9. The molecule has 3 heteroatoms. The van der Waals surface area contributed by atoms with E-state index in [-0.39, 0.29) is 11.9 Å². The minimum atomic E-state index is -0.113. The Balaban J connectivity index is 1.76. The number of benzene rings is 1. The topological polar surface area (TPSA) is 41.1 Å². The first-order chi connectivity index (χ1) is 9.08. The summed E-state index contributed by atoms with van der Waals surface area (Å²) in [6, 6.07) is 10.8. The lowest BCUT2D eigenvalue weighted by atomic mass is 10.1. The van der Waals surface area contributed by atoms with Crippen LogP contribution >= 0.6 is 0 Å². The minimum absolute atomic E-state index is 0.104. The Kier molecular flexibility index (Phi) is 4.59. The number of hydrogen-bond donors (Lipinski definition) is 2. The molecule has 1 amide bonds. The molecule has 0 radical (unpaired) electrons. The third-order valence-electron chi connectivity index (χ3n) is 3.56. The number of amides is 1. The third-order valence-corrected chi connectivity index (χ3v) is 3.56. The molecule has 1 aromatic rings. The smallest absolute Gasteiger partial charge is 0.236 e. The van der Waals surface area contributed by atoms with Crippen LogP contribution in [0.25, 0.3) is 0 Å². The molecule has 3 atom stereocenters. The van der Waals surface area contributed by atoms with Gasteiger partial charge in [-0.15, -0.1) is 0 Å². The van der Waals surface area contributed by atoms with Crippen molar-refractivity contribution in [3.05, 3.63) is 35.9 Å². The molecule has 2 N–H and O–H groups in total. The van der Waals surface area contributed by atoms with Crippen LogP contribution in [0, 0.1) is 5.92 Å². The van der Waals surface area contributed by atoms with Crippen molar-refractivity contribution in [2.75, 3.05) is 6.54 Å². The lowest BCUT2D eigenvalue weighted by molar-refractivity contribution is -0.122. The van der Waals surface area contributed by atoms with Gasteiger partial charge in [0.1, 0.15) is 0 Å². The van der Waals surface area contributed by atoms with Gasteiger partial charge in [0.05, 0.1) is 6.04 Å². The number of carbonyl (C=O) groups excluding carboxylic acids is 1. The predicted molar refractivity (Wildman–Crippen MR) is 78.0 cm³/mol. The van der Waals surface area contributed by atoms with Crippen LogP contribution in [0.5, 0.6) is 0 Å². The van der Waals surface area contributed by atoms with Crippen LogP contribution in [0.4, 0.5) is 0 Å². The van der Waals surface area contributed by atoms with Crippen LogP contribution in [-0.4, -0.2) is 24.5 Å². The van der Waals surface area contributed by atoms with E-state index in [2.05, 4.69) is 48.7 Å². The van der Waals surface area contributed by atoms with E-state index >= 15 is 0 Å². The van der Waals surface area contributed by atoms with E-state index in [1.165, 1.54) is 5.56 Å². The van der Waals surface area contributed by atoms with Gasteiger partial charge in [-0.3, -0.25) is 4.79 Å². The van der Waals surface area contributed by atoms with E-state index in [0.717, 1.165) is 13.0 Å². The predicted octanol–water partition coefficient (Wildman–Crippen LogP) is 2.29. The molecule has 0 bridgehead atoms. The van der Waals surface area contributed by atoms with Gasteiger partial charge in [0.15, 0.2) is 0 Å². The van der Waals surface area contributed by atoms with Crippen LogP contribution in [0.2, 0.25) is 0 Å². The van der Waals surface area contributed by atoms with Gasteiger partial charge in [-0.05, 0) is 24.8 Å². The van der Waals surface area contributed by atoms with Crippen LogP contribution in [0.3, 0.4) is 0 Å². The molecule has 1 fully saturated rings. The molecule has 0 heterocycles. The summed E-state index contributed by atoms with van der Waals surface area (Å²) in [4.78, 5) is 11.9. The van der Waals surface area contributed by atoms with Crippen molar-refractivity contribution in [3.8, 4) is 0 Å². The van der Waals surface area contributed by atoms with Crippen molar-refractivity contribution >= 4 is 5.91 Å². The molecule has 3 nitrogen and oxygen atoms in total. The molecule has 104 valence electrons. The minimum Gasteiger partial charge on any atom is -0.354 e. The second-order valence-corrected chi connectivity index (χ2v) is 5.89. The number of carbonyl (C=O) groups is 1. The van der Waals surface area contributed by atoms with Crippen molar-refractivity contribution in [2.24, 2.45) is 5.92 Å². The molecular formula is C16H24N2O. The van der Waals surface area contributed by atoms with Crippen LogP contribution in [0.15, 0.2) is 30.3 Å². The summed E-state index contributed by atoms with van der Waals surface area (Å²) in [5, 5.41) is 6.38. The summed E-state index contributed by atoms with van der Waals surface area (Å²) in [5.41, 5.74) is 1.37. The summed E-state index contributed by atoms with van der Waals surface area (Å²) in [5.74, 6) is 1.17. The fourth-order valence-corrected chi connectivity index (χ4v) is 2.30. The summed E-state index contributed by atoms with van der Waals surface area (Å²) in [6.07, 6.45) is 1.13. The number of nitrogens with one attached hydrogen (secondary N) is 2. The van der Waals surface area contributed by atoms with Crippen molar-refractivity contribution in [2.45, 2.75) is 45.2 Å². The lowest BCUT2D eigenvalue weighted by Gasteiger charge is -2.15. The Hall–Kier alpha value is -1.35. The Bertz CT molecular complexity index is 416. The summed E-state index contributed by atoms with van der Waals surface area (Å²) >= 11 is 0. The summed E-state index contributed by atoms with van der Waals surface area (Å²) in [7, 11) is 0. The largest absolute Gasteiger partial charge is 0.354 e. The van der Waals surface area contributed by atoms with Crippen molar-refractivity contribution in [3.63, 3.8) is 0 Å². The maximum atomic E-state index is 11.9. The van der Waals surface area contributed by atoms with Crippen LogP contribution in [-0.2, 0) is 4.79 Å². The zero-order valence-corrected chi connectivity index (χ0v) is 12.0. The first-order valence-corrected chi connectivity index (χ1v) is 7.16. The Morgan fingerprint density at radius 2 is 1.95 bits per heavy atom. The molecule has 1 aliphatic rings. The molecule has 2 rings (SSSR count). The SMILES string of the molecule is CC(C)CNC(=O)C(C)NC1CC1c1ccccc1. The maximum Gasteiger partial charge on any atom is 0.236 e. The zero-order valence-electron chi connectivity index (χ0n) is 12.0.